The van der Waals surface area contributed by atoms with Gasteiger partial charge in [-0.15, -0.1) is 0 Å². The zero-order valence-electron chi connectivity index (χ0n) is 11.8. The van der Waals surface area contributed by atoms with Gasteiger partial charge in [-0.1, -0.05) is 13.8 Å². The molecule has 0 radical (unpaired) electrons. The first-order valence-corrected chi connectivity index (χ1v) is 6.53. The Balaban J connectivity index is 2.83. The minimum Gasteiger partial charge on any atom is -0.389 e. The molecule has 100 valence electrons. The van der Waals surface area contributed by atoms with Crippen LogP contribution in [0.1, 0.15) is 60.3 Å². The first kappa shape index (κ1) is 14.5. The summed E-state index contributed by atoms with van der Waals surface area (Å²) >= 11 is 0. The lowest BCUT2D eigenvalue weighted by atomic mass is 9.61. The summed E-state index contributed by atoms with van der Waals surface area (Å²) in [7, 11) is 0. The van der Waals surface area contributed by atoms with Crippen molar-refractivity contribution in [2.24, 2.45) is 22.5 Å². The molecule has 0 bridgehead atoms. The zero-order chi connectivity index (χ0) is 13.5. The van der Waals surface area contributed by atoms with Crippen molar-refractivity contribution in [1.82, 2.24) is 0 Å². The molecule has 1 rings (SSSR count). The molecule has 3 heteroatoms. The summed E-state index contributed by atoms with van der Waals surface area (Å²) in [6, 6.07) is 0. The summed E-state index contributed by atoms with van der Waals surface area (Å²) < 4.78 is 0. The van der Waals surface area contributed by atoms with E-state index in [0.29, 0.717) is 5.41 Å². The Labute approximate surface area is 105 Å². The Hall–Kier alpha value is -0.570. The normalized spacial score (nSPS) is 25.3. The van der Waals surface area contributed by atoms with E-state index >= 15 is 0 Å². The van der Waals surface area contributed by atoms with Crippen molar-refractivity contribution in [3.8, 4) is 0 Å². The summed E-state index contributed by atoms with van der Waals surface area (Å²) in [4.78, 5) is 11.5. The molecule has 0 aromatic heterocycles. The highest BCUT2D eigenvalue weighted by Gasteiger charge is 2.50. The fourth-order valence-electron chi connectivity index (χ4n) is 2.72. The van der Waals surface area contributed by atoms with Crippen LogP contribution in [0.3, 0.4) is 0 Å². The lowest BCUT2D eigenvalue weighted by Gasteiger charge is -2.47. The van der Waals surface area contributed by atoms with Gasteiger partial charge < -0.3 is 10.8 Å². The molecule has 1 amide bonds. The van der Waals surface area contributed by atoms with Gasteiger partial charge in [-0.25, -0.2) is 0 Å². The SMILES string of the molecule is CC1(C)CCC(C(C)(O)C(C)(C)C(N)=O)CC1. The predicted octanol–water partition coefficient (Wildman–Crippen LogP) is 2.47. The smallest absolute Gasteiger partial charge is 0.225 e. The fourth-order valence-corrected chi connectivity index (χ4v) is 2.72. The number of hydrogen-bond donors (Lipinski definition) is 2. The Bertz CT molecular complexity index is 295. The van der Waals surface area contributed by atoms with E-state index in [1.165, 1.54) is 0 Å². The van der Waals surface area contributed by atoms with E-state index in [4.69, 9.17) is 5.73 Å². The number of hydrogen-bond acceptors (Lipinski definition) is 2. The van der Waals surface area contributed by atoms with E-state index in [1.54, 1.807) is 20.8 Å². The summed E-state index contributed by atoms with van der Waals surface area (Å²) in [5, 5.41) is 10.7. The molecule has 1 aliphatic rings. The second-order valence-electron chi connectivity index (χ2n) is 7.08. The van der Waals surface area contributed by atoms with Gasteiger partial charge in [-0.2, -0.15) is 0 Å². The maximum Gasteiger partial charge on any atom is 0.225 e. The van der Waals surface area contributed by atoms with Gasteiger partial charge in [-0.3, -0.25) is 4.79 Å². The second-order valence-corrected chi connectivity index (χ2v) is 7.08. The Kier molecular flexibility index (Phi) is 3.64. The van der Waals surface area contributed by atoms with E-state index in [9.17, 15) is 9.90 Å². The largest absolute Gasteiger partial charge is 0.389 e. The number of rotatable bonds is 3. The van der Waals surface area contributed by atoms with Crippen LogP contribution in [0.5, 0.6) is 0 Å². The Morgan fingerprint density at radius 2 is 1.65 bits per heavy atom. The maximum absolute atomic E-state index is 11.5. The first-order chi connectivity index (χ1) is 7.51. The highest BCUT2D eigenvalue weighted by atomic mass is 16.3. The molecule has 0 aromatic rings. The van der Waals surface area contributed by atoms with Gasteiger partial charge in [0, 0.05) is 0 Å². The Morgan fingerprint density at radius 1 is 1.24 bits per heavy atom. The molecule has 0 saturated heterocycles. The van der Waals surface area contributed by atoms with Crippen LogP contribution in [0, 0.1) is 16.7 Å². The van der Waals surface area contributed by atoms with Crippen LogP contribution in [-0.2, 0) is 4.79 Å². The van der Waals surface area contributed by atoms with Crippen LogP contribution >= 0.6 is 0 Å². The van der Waals surface area contributed by atoms with Crippen molar-refractivity contribution >= 4 is 5.91 Å². The number of primary amides is 1. The number of nitrogens with two attached hydrogens (primary N) is 1. The summed E-state index contributed by atoms with van der Waals surface area (Å²) in [6.45, 7) is 9.78. The number of carbonyl (C=O) groups excluding carboxylic acids is 1. The van der Waals surface area contributed by atoms with E-state index in [2.05, 4.69) is 13.8 Å². The van der Waals surface area contributed by atoms with Gasteiger partial charge in [0.2, 0.25) is 5.91 Å². The molecule has 3 nitrogen and oxygen atoms in total. The summed E-state index contributed by atoms with van der Waals surface area (Å²) in [5.41, 5.74) is 3.89. The van der Waals surface area contributed by atoms with Gasteiger partial charge in [0.15, 0.2) is 0 Å². The zero-order valence-corrected chi connectivity index (χ0v) is 11.8. The molecule has 3 N–H and O–H groups in total. The molecule has 1 unspecified atom stereocenters. The molecule has 1 atom stereocenters. The lowest BCUT2D eigenvalue weighted by molar-refractivity contribution is -0.153. The highest BCUT2D eigenvalue weighted by Crippen LogP contribution is 2.47. The molecular weight excluding hydrogens is 214 g/mol. The van der Waals surface area contributed by atoms with Crippen LogP contribution in [0.4, 0.5) is 0 Å². The number of aliphatic hydroxyl groups is 1. The first-order valence-electron chi connectivity index (χ1n) is 6.53. The minimum absolute atomic E-state index is 0.165. The third-order valence-corrected chi connectivity index (χ3v) is 5.02. The van der Waals surface area contributed by atoms with E-state index in [0.717, 1.165) is 25.7 Å². The molecule has 0 spiro atoms. The van der Waals surface area contributed by atoms with Gasteiger partial charge in [0.25, 0.3) is 0 Å². The predicted molar refractivity (Wildman–Crippen MR) is 69.3 cm³/mol. The molecule has 1 fully saturated rings. The van der Waals surface area contributed by atoms with Crippen molar-refractivity contribution in [2.45, 2.75) is 65.9 Å². The van der Waals surface area contributed by atoms with E-state index in [1.807, 2.05) is 0 Å². The number of carbonyl (C=O) groups is 1. The lowest BCUT2D eigenvalue weighted by Crippen LogP contribution is -2.55. The fraction of sp³-hybridized carbons (Fsp3) is 0.929. The monoisotopic (exact) mass is 241 g/mol. The van der Waals surface area contributed by atoms with Crippen molar-refractivity contribution in [2.75, 3.05) is 0 Å². The molecule has 1 saturated carbocycles. The number of amides is 1. The molecule has 0 aromatic carbocycles. The standard InChI is InChI=1S/C14H27NO2/c1-12(2)8-6-10(7-9-12)14(5,17)13(3,4)11(15)16/h10,17H,6-9H2,1-5H3,(H2,15,16). The summed E-state index contributed by atoms with van der Waals surface area (Å²) in [5.74, 6) is -0.259. The third kappa shape index (κ3) is 2.65. The average Bonchev–Trinajstić information content (AvgIpc) is 2.16. The third-order valence-electron chi connectivity index (χ3n) is 5.02. The minimum atomic E-state index is -1.02. The van der Waals surface area contributed by atoms with Crippen molar-refractivity contribution in [3.63, 3.8) is 0 Å². The van der Waals surface area contributed by atoms with Crippen LogP contribution in [0.15, 0.2) is 0 Å². The van der Waals surface area contributed by atoms with Crippen molar-refractivity contribution < 1.29 is 9.90 Å². The van der Waals surface area contributed by atoms with Gasteiger partial charge >= 0.3 is 0 Å². The second kappa shape index (κ2) is 4.27. The van der Waals surface area contributed by atoms with Crippen LogP contribution in [0.2, 0.25) is 0 Å². The van der Waals surface area contributed by atoms with Gasteiger partial charge in [0.05, 0.1) is 11.0 Å². The van der Waals surface area contributed by atoms with Gasteiger partial charge in [-0.05, 0) is 57.8 Å². The van der Waals surface area contributed by atoms with E-state index in [-0.39, 0.29) is 5.92 Å². The Morgan fingerprint density at radius 3 is 2.00 bits per heavy atom. The molecule has 17 heavy (non-hydrogen) atoms. The van der Waals surface area contributed by atoms with E-state index < -0.39 is 16.9 Å². The van der Waals surface area contributed by atoms with Crippen LogP contribution < -0.4 is 5.73 Å². The quantitative estimate of drug-likeness (QED) is 0.797. The van der Waals surface area contributed by atoms with Crippen LogP contribution in [0.25, 0.3) is 0 Å². The van der Waals surface area contributed by atoms with Crippen molar-refractivity contribution in [1.29, 1.82) is 0 Å². The molecule has 0 aliphatic heterocycles. The van der Waals surface area contributed by atoms with Gasteiger partial charge in [0.1, 0.15) is 0 Å². The molecule has 0 heterocycles. The highest BCUT2D eigenvalue weighted by molar-refractivity contribution is 5.81. The molecular formula is C14H27NO2. The van der Waals surface area contributed by atoms with Crippen molar-refractivity contribution in [3.05, 3.63) is 0 Å². The summed E-state index contributed by atoms with van der Waals surface area (Å²) in [6.07, 6.45) is 4.14. The molecule has 1 aliphatic carbocycles. The topological polar surface area (TPSA) is 63.3 Å². The average molecular weight is 241 g/mol. The van der Waals surface area contributed by atoms with Crippen LogP contribution in [-0.4, -0.2) is 16.6 Å². The maximum atomic E-state index is 11.5.